The summed E-state index contributed by atoms with van der Waals surface area (Å²) in [6.07, 6.45) is 4.51. The molecule has 3 rings (SSSR count). The van der Waals surface area contributed by atoms with Crippen molar-refractivity contribution < 1.29 is 0 Å². The minimum Gasteiger partial charge on any atom is -0.261 e. The maximum Gasteiger partial charge on any atom is 0.0998 e. The Morgan fingerprint density at radius 1 is 0.913 bits per heavy atom. The van der Waals surface area contributed by atoms with E-state index in [-0.39, 0.29) is 0 Å². The van der Waals surface area contributed by atoms with Gasteiger partial charge in [0, 0.05) is 18.3 Å². The molecule has 0 aliphatic carbocycles. The summed E-state index contributed by atoms with van der Waals surface area (Å²) in [4.78, 5) is 4.39. The predicted molar refractivity (Wildman–Crippen MR) is 93.4 cm³/mol. The molecule has 0 bridgehead atoms. The van der Waals surface area contributed by atoms with E-state index in [1.54, 1.807) is 6.20 Å². The highest BCUT2D eigenvalue weighted by molar-refractivity contribution is 5.90. The Kier molecular flexibility index (Phi) is 4.61. The molecule has 1 heterocycles. The van der Waals surface area contributed by atoms with Crippen LogP contribution in [0.25, 0.3) is 11.6 Å². The Morgan fingerprint density at radius 2 is 1.65 bits per heavy atom. The fourth-order valence-electron chi connectivity index (χ4n) is 2.49. The quantitative estimate of drug-likeness (QED) is 0.515. The van der Waals surface area contributed by atoms with Gasteiger partial charge in [0.1, 0.15) is 0 Å². The normalized spacial score (nSPS) is 11.0. The lowest BCUT2D eigenvalue weighted by atomic mass is 9.98. The maximum atomic E-state index is 9.49. The molecule has 0 unspecified atom stereocenters. The molecule has 0 amide bonds. The highest BCUT2D eigenvalue weighted by Gasteiger charge is 2.05. The van der Waals surface area contributed by atoms with Crippen molar-refractivity contribution in [2.75, 3.05) is 0 Å². The smallest absolute Gasteiger partial charge is 0.0998 e. The zero-order valence-corrected chi connectivity index (χ0v) is 12.7. The van der Waals surface area contributed by atoms with Crippen LogP contribution in [-0.4, -0.2) is 4.98 Å². The van der Waals surface area contributed by atoms with Crippen molar-refractivity contribution in [3.8, 4) is 6.07 Å². The summed E-state index contributed by atoms with van der Waals surface area (Å²) in [6, 6.07) is 26.1. The molecule has 0 saturated carbocycles. The van der Waals surface area contributed by atoms with Gasteiger partial charge in [0.15, 0.2) is 0 Å². The van der Waals surface area contributed by atoms with Crippen molar-refractivity contribution in [1.29, 1.82) is 5.26 Å². The highest BCUT2D eigenvalue weighted by Crippen LogP contribution is 2.21. The topological polar surface area (TPSA) is 36.7 Å². The Hall–Kier alpha value is -3.18. The van der Waals surface area contributed by atoms with E-state index < -0.39 is 0 Å². The van der Waals surface area contributed by atoms with Crippen molar-refractivity contribution >= 4 is 11.6 Å². The summed E-state index contributed by atoms with van der Waals surface area (Å²) >= 11 is 0. The molecule has 23 heavy (non-hydrogen) atoms. The predicted octanol–water partition coefficient (Wildman–Crippen LogP) is 4.74. The van der Waals surface area contributed by atoms with E-state index in [4.69, 9.17) is 0 Å². The van der Waals surface area contributed by atoms with Crippen LogP contribution in [0.5, 0.6) is 0 Å². The van der Waals surface area contributed by atoms with Crippen LogP contribution in [0.2, 0.25) is 0 Å². The summed E-state index contributed by atoms with van der Waals surface area (Å²) in [7, 11) is 0. The van der Waals surface area contributed by atoms with E-state index in [0.29, 0.717) is 5.57 Å². The Morgan fingerprint density at radius 3 is 2.39 bits per heavy atom. The number of rotatable bonds is 4. The highest BCUT2D eigenvalue weighted by atomic mass is 14.7. The third-order valence-electron chi connectivity index (χ3n) is 3.66. The molecule has 0 spiro atoms. The zero-order valence-electron chi connectivity index (χ0n) is 12.7. The molecule has 0 aliphatic heterocycles. The lowest BCUT2D eigenvalue weighted by Crippen LogP contribution is -1.94. The van der Waals surface area contributed by atoms with Gasteiger partial charge in [0.25, 0.3) is 0 Å². The van der Waals surface area contributed by atoms with Crippen LogP contribution in [0, 0.1) is 11.3 Å². The number of benzene rings is 2. The average molecular weight is 296 g/mol. The second-order valence-electron chi connectivity index (χ2n) is 5.23. The van der Waals surface area contributed by atoms with E-state index in [9.17, 15) is 5.26 Å². The van der Waals surface area contributed by atoms with Crippen LogP contribution < -0.4 is 0 Å². The van der Waals surface area contributed by atoms with Gasteiger partial charge in [0.2, 0.25) is 0 Å². The minimum absolute atomic E-state index is 0.666. The number of hydrogen-bond donors (Lipinski definition) is 0. The summed E-state index contributed by atoms with van der Waals surface area (Å²) < 4.78 is 0. The fourth-order valence-corrected chi connectivity index (χ4v) is 2.49. The van der Waals surface area contributed by atoms with E-state index in [2.05, 4.69) is 17.1 Å². The van der Waals surface area contributed by atoms with Crippen molar-refractivity contribution in [3.05, 3.63) is 101 Å². The number of allylic oxidation sites excluding steroid dienone is 1. The molecule has 2 heteroatoms. The molecule has 0 radical (unpaired) electrons. The summed E-state index contributed by atoms with van der Waals surface area (Å²) in [5, 5.41) is 9.49. The Balaban J connectivity index is 1.97. The maximum absolute atomic E-state index is 9.49. The molecular weight excluding hydrogens is 280 g/mol. The lowest BCUT2D eigenvalue weighted by Gasteiger charge is -2.07. The van der Waals surface area contributed by atoms with Gasteiger partial charge in [-0.2, -0.15) is 5.26 Å². The number of nitriles is 1. The molecule has 0 aliphatic rings. The molecule has 0 saturated heterocycles. The molecule has 1 aromatic heterocycles. The van der Waals surface area contributed by atoms with Crippen LogP contribution in [-0.2, 0) is 6.42 Å². The first-order chi connectivity index (χ1) is 11.4. The Labute approximate surface area is 136 Å². The molecule has 0 atom stereocenters. The van der Waals surface area contributed by atoms with Gasteiger partial charge in [-0.15, -0.1) is 0 Å². The van der Waals surface area contributed by atoms with Gasteiger partial charge in [-0.25, -0.2) is 0 Å². The largest absolute Gasteiger partial charge is 0.261 e. The first-order valence-corrected chi connectivity index (χ1v) is 7.52. The molecule has 0 N–H and O–H groups in total. The van der Waals surface area contributed by atoms with Crippen molar-refractivity contribution in [2.24, 2.45) is 0 Å². The van der Waals surface area contributed by atoms with Crippen molar-refractivity contribution in [3.63, 3.8) is 0 Å². The van der Waals surface area contributed by atoms with E-state index in [1.807, 2.05) is 72.8 Å². The average Bonchev–Trinajstić information content (AvgIpc) is 2.62. The van der Waals surface area contributed by atoms with Gasteiger partial charge < -0.3 is 0 Å². The summed E-state index contributed by atoms with van der Waals surface area (Å²) in [5.74, 6) is 0. The molecule has 110 valence electrons. The van der Waals surface area contributed by atoms with Gasteiger partial charge in [-0.1, -0.05) is 60.7 Å². The zero-order chi connectivity index (χ0) is 15.9. The molecule has 2 nitrogen and oxygen atoms in total. The molecule has 2 aromatic carbocycles. The fraction of sp³-hybridized carbons (Fsp3) is 0.0476. The molecular formula is C21H16N2. The number of aromatic nitrogens is 1. The van der Waals surface area contributed by atoms with Gasteiger partial charge >= 0.3 is 0 Å². The SMILES string of the molecule is N#C/C(=C/c1ccccc1Cc1ccccn1)c1ccccc1. The number of hydrogen-bond acceptors (Lipinski definition) is 2. The van der Waals surface area contributed by atoms with Crippen molar-refractivity contribution in [2.45, 2.75) is 6.42 Å². The van der Waals surface area contributed by atoms with Gasteiger partial charge in [0.05, 0.1) is 11.6 Å². The van der Waals surface area contributed by atoms with Gasteiger partial charge in [-0.05, 0) is 34.9 Å². The van der Waals surface area contributed by atoms with Crippen LogP contribution in [0.3, 0.4) is 0 Å². The van der Waals surface area contributed by atoms with Crippen LogP contribution in [0.15, 0.2) is 79.0 Å². The lowest BCUT2D eigenvalue weighted by molar-refractivity contribution is 1.07. The Bertz CT molecular complexity index is 844. The summed E-state index contributed by atoms with van der Waals surface area (Å²) in [5.41, 5.74) is 4.83. The third kappa shape index (κ3) is 3.72. The monoisotopic (exact) mass is 296 g/mol. The summed E-state index contributed by atoms with van der Waals surface area (Å²) in [6.45, 7) is 0. The second kappa shape index (κ2) is 7.20. The number of nitrogens with zero attached hydrogens (tertiary/aromatic N) is 2. The number of pyridine rings is 1. The minimum atomic E-state index is 0.666. The standard InChI is InChI=1S/C21H16N2/c22-16-20(17-8-2-1-3-9-17)14-18-10-4-5-11-19(18)15-21-12-6-7-13-23-21/h1-14H,15H2/b20-14-. The van der Waals surface area contributed by atoms with Crippen LogP contribution in [0.4, 0.5) is 0 Å². The van der Waals surface area contributed by atoms with E-state index in [0.717, 1.165) is 28.8 Å². The third-order valence-corrected chi connectivity index (χ3v) is 3.66. The first kappa shape index (κ1) is 14.7. The van der Waals surface area contributed by atoms with E-state index in [1.165, 1.54) is 0 Å². The second-order valence-corrected chi connectivity index (χ2v) is 5.23. The molecule has 0 fully saturated rings. The van der Waals surface area contributed by atoms with E-state index >= 15 is 0 Å². The van der Waals surface area contributed by atoms with Crippen LogP contribution >= 0.6 is 0 Å². The van der Waals surface area contributed by atoms with Gasteiger partial charge in [-0.3, -0.25) is 4.98 Å². The van der Waals surface area contributed by atoms with Crippen molar-refractivity contribution in [1.82, 2.24) is 4.98 Å². The van der Waals surface area contributed by atoms with Crippen LogP contribution in [0.1, 0.15) is 22.4 Å². The first-order valence-electron chi connectivity index (χ1n) is 7.52. The molecule has 3 aromatic rings.